The smallest absolute Gasteiger partial charge is 0.280 e. The quantitative estimate of drug-likeness (QED) is 0.790. The van der Waals surface area contributed by atoms with Crippen LogP contribution in [0.5, 0.6) is 0 Å². The van der Waals surface area contributed by atoms with E-state index in [0.717, 1.165) is 16.0 Å². The maximum Gasteiger partial charge on any atom is 0.280 e. The third-order valence-electron chi connectivity index (χ3n) is 2.52. The number of thiazole rings is 1. The Labute approximate surface area is 113 Å². The van der Waals surface area contributed by atoms with Crippen molar-refractivity contribution in [3.05, 3.63) is 53.4 Å². The van der Waals surface area contributed by atoms with Crippen molar-refractivity contribution in [3.8, 4) is 0 Å². The molecule has 3 aromatic heterocycles. The predicted octanol–water partition coefficient (Wildman–Crippen LogP) is 2.02. The second-order valence-electron chi connectivity index (χ2n) is 3.85. The number of carbonyl (C=O) groups is 1. The van der Waals surface area contributed by atoms with E-state index in [1.807, 2.05) is 24.3 Å². The molecule has 0 aliphatic rings. The highest BCUT2D eigenvalue weighted by Crippen LogP contribution is 2.18. The molecule has 3 heterocycles. The summed E-state index contributed by atoms with van der Waals surface area (Å²) in [6.45, 7) is 0.392. The molecular formula is C13H10N4OS. The number of nitrogens with zero attached hydrogens (tertiary/aromatic N) is 3. The Balaban J connectivity index is 1.73. The number of carbonyl (C=O) groups excluding carboxylic acids is 1. The van der Waals surface area contributed by atoms with Crippen LogP contribution >= 0.6 is 11.3 Å². The lowest BCUT2D eigenvalue weighted by molar-refractivity contribution is 0.0950. The second-order valence-corrected chi connectivity index (χ2v) is 4.83. The molecule has 0 aliphatic carbocycles. The van der Waals surface area contributed by atoms with Gasteiger partial charge in [-0.3, -0.25) is 9.78 Å². The van der Waals surface area contributed by atoms with Gasteiger partial charge in [0.05, 0.1) is 12.2 Å². The number of fused-ring (bicyclic) bond motifs is 1. The molecule has 1 N–H and O–H groups in total. The van der Waals surface area contributed by atoms with Gasteiger partial charge < -0.3 is 5.32 Å². The Morgan fingerprint density at radius 2 is 2.05 bits per heavy atom. The van der Waals surface area contributed by atoms with Crippen molar-refractivity contribution in [2.75, 3.05) is 0 Å². The Morgan fingerprint density at radius 3 is 2.84 bits per heavy atom. The summed E-state index contributed by atoms with van der Waals surface area (Å²) in [5.41, 5.74) is 1.56. The van der Waals surface area contributed by atoms with Crippen molar-refractivity contribution in [2.24, 2.45) is 0 Å². The first-order chi connectivity index (χ1) is 9.33. The van der Waals surface area contributed by atoms with E-state index in [-0.39, 0.29) is 5.91 Å². The van der Waals surface area contributed by atoms with Gasteiger partial charge in [0.1, 0.15) is 10.3 Å². The predicted molar refractivity (Wildman–Crippen MR) is 72.8 cm³/mol. The molecule has 0 aliphatic heterocycles. The maximum absolute atomic E-state index is 12.0. The van der Waals surface area contributed by atoms with Gasteiger partial charge in [-0.2, -0.15) is 0 Å². The van der Waals surface area contributed by atoms with Gasteiger partial charge in [-0.05, 0) is 24.3 Å². The van der Waals surface area contributed by atoms with Crippen LogP contribution in [0.1, 0.15) is 15.5 Å². The average Bonchev–Trinajstić information content (AvgIpc) is 2.90. The van der Waals surface area contributed by atoms with Crippen molar-refractivity contribution < 1.29 is 4.79 Å². The highest BCUT2D eigenvalue weighted by Gasteiger charge is 2.12. The molecule has 1 amide bonds. The van der Waals surface area contributed by atoms with Gasteiger partial charge in [0.25, 0.3) is 5.91 Å². The van der Waals surface area contributed by atoms with E-state index in [0.29, 0.717) is 11.6 Å². The normalized spacial score (nSPS) is 10.5. The number of rotatable bonds is 3. The van der Waals surface area contributed by atoms with Crippen LogP contribution in [0.25, 0.3) is 10.3 Å². The summed E-state index contributed by atoms with van der Waals surface area (Å²) >= 11 is 1.29. The van der Waals surface area contributed by atoms with Gasteiger partial charge in [0, 0.05) is 12.4 Å². The SMILES string of the molecule is O=C(NCc1ccccn1)c1nc2cccnc2s1. The van der Waals surface area contributed by atoms with E-state index >= 15 is 0 Å². The van der Waals surface area contributed by atoms with Gasteiger partial charge in [0.2, 0.25) is 0 Å². The van der Waals surface area contributed by atoms with Crippen molar-refractivity contribution >= 4 is 27.6 Å². The van der Waals surface area contributed by atoms with Crippen molar-refractivity contribution in [3.63, 3.8) is 0 Å². The Kier molecular flexibility index (Phi) is 3.16. The summed E-state index contributed by atoms with van der Waals surface area (Å²) in [7, 11) is 0. The Bertz CT molecular complexity index is 678. The minimum Gasteiger partial charge on any atom is -0.344 e. The first-order valence-corrected chi connectivity index (χ1v) is 6.54. The number of pyridine rings is 2. The Hall–Kier alpha value is -2.34. The molecule has 0 saturated carbocycles. The van der Waals surface area contributed by atoms with Gasteiger partial charge >= 0.3 is 0 Å². The average molecular weight is 270 g/mol. The second kappa shape index (κ2) is 5.11. The summed E-state index contributed by atoms with van der Waals surface area (Å²) in [5.74, 6) is -0.200. The summed E-state index contributed by atoms with van der Waals surface area (Å²) in [4.78, 5) is 25.3. The zero-order chi connectivity index (χ0) is 13.1. The van der Waals surface area contributed by atoms with Crippen molar-refractivity contribution in [1.82, 2.24) is 20.3 Å². The molecule has 0 atom stereocenters. The fourth-order valence-electron chi connectivity index (χ4n) is 1.62. The van der Waals surface area contributed by atoms with Crippen LogP contribution in [0, 0.1) is 0 Å². The van der Waals surface area contributed by atoms with Crippen molar-refractivity contribution in [1.29, 1.82) is 0 Å². The van der Waals surface area contributed by atoms with E-state index < -0.39 is 0 Å². The molecule has 6 heteroatoms. The van der Waals surface area contributed by atoms with Gasteiger partial charge in [-0.1, -0.05) is 17.4 Å². The van der Waals surface area contributed by atoms with E-state index in [2.05, 4.69) is 20.3 Å². The van der Waals surface area contributed by atoms with E-state index in [4.69, 9.17) is 0 Å². The number of aromatic nitrogens is 3. The molecule has 5 nitrogen and oxygen atoms in total. The van der Waals surface area contributed by atoms with E-state index in [9.17, 15) is 4.79 Å². The molecular weight excluding hydrogens is 260 g/mol. The lowest BCUT2D eigenvalue weighted by atomic mass is 10.3. The summed E-state index contributed by atoms with van der Waals surface area (Å²) in [6, 6.07) is 9.23. The molecule has 0 spiro atoms. The highest BCUT2D eigenvalue weighted by molar-refractivity contribution is 7.19. The lowest BCUT2D eigenvalue weighted by Crippen LogP contribution is -2.23. The van der Waals surface area contributed by atoms with Crippen LogP contribution in [-0.2, 0) is 6.54 Å². The molecule has 94 valence electrons. The monoisotopic (exact) mass is 270 g/mol. The number of amides is 1. The van der Waals surface area contributed by atoms with Crippen LogP contribution in [0.3, 0.4) is 0 Å². The molecule has 3 aromatic rings. The zero-order valence-corrected chi connectivity index (χ0v) is 10.7. The Morgan fingerprint density at radius 1 is 1.16 bits per heavy atom. The number of nitrogens with one attached hydrogen (secondary N) is 1. The topological polar surface area (TPSA) is 67.8 Å². The van der Waals surface area contributed by atoms with Gasteiger partial charge in [-0.25, -0.2) is 9.97 Å². The fraction of sp³-hybridized carbons (Fsp3) is 0.0769. The number of hydrogen-bond acceptors (Lipinski definition) is 5. The largest absolute Gasteiger partial charge is 0.344 e. The van der Waals surface area contributed by atoms with Crippen molar-refractivity contribution in [2.45, 2.75) is 6.54 Å². The van der Waals surface area contributed by atoms with Crippen LogP contribution in [0.4, 0.5) is 0 Å². The van der Waals surface area contributed by atoms with Crippen LogP contribution in [0.2, 0.25) is 0 Å². The first kappa shape index (κ1) is 11.7. The standard InChI is InChI=1S/C13H10N4OS/c18-11(16-8-9-4-1-2-6-14-9)13-17-10-5-3-7-15-12(10)19-13/h1-7H,8H2,(H,16,18). The molecule has 0 fully saturated rings. The van der Waals surface area contributed by atoms with Gasteiger partial charge in [0.15, 0.2) is 5.01 Å². The zero-order valence-electron chi connectivity index (χ0n) is 9.91. The summed E-state index contributed by atoms with van der Waals surface area (Å²) in [5, 5.41) is 3.22. The molecule has 0 radical (unpaired) electrons. The third kappa shape index (κ3) is 2.58. The van der Waals surface area contributed by atoms with E-state index in [1.165, 1.54) is 11.3 Å². The minimum absolute atomic E-state index is 0.200. The molecule has 0 bridgehead atoms. The van der Waals surface area contributed by atoms with E-state index in [1.54, 1.807) is 18.5 Å². The highest BCUT2D eigenvalue weighted by atomic mass is 32.1. The minimum atomic E-state index is -0.200. The summed E-state index contributed by atoms with van der Waals surface area (Å²) in [6.07, 6.45) is 3.39. The third-order valence-corrected chi connectivity index (χ3v) is 3.49. The van der Waals surface area contributed by atoms with Crippen LogP contribution in [-0.4, -0.2) is 20.9 Å². The maximum atomic E-state index is 12.0. The molecule has 0 aromatic carbocycles. The molecule has 0 unspecified atom stereocenters. The molecule has 0 saturated heterocycles. The number of hydrogen-bond donors (Lipinski definition) is 1. The first-order valence-electron chi connectivity index (χ1n) is 5.72. The van der Waals surface area contributed by atoms with Crippen LogP contribution < -0.4 is 5.32 Å². The lowest BCUT2D eigenvalue weighted by Gasteiger charge is -2.01. The fourth-order valence-corrected chi connectivity index (χ4v) is 2.44. The molecule has 19 heavy (non-hydrogen) atoms. The van der Waals surface area contributed by atoms with Crippen LogP contribution in [0.15, 0.2) is 42.7 Å². The molecule has 3 rings (SSSR count). The van der Waals surface area contributed by atoms with Gasteiger partial charge in [-0.15, -0.1) is 0 Å². The summed E-state index contributed by atoms with van der Waals surface area (Å²) < 4.78 is 0.